The molecule has 0 spiro atoms. The van der Waals surface area contributed by atoms with Crippen molar-refractivity contribution in [1.82, 2.24) is 15.2 Å². The van der Waals surface area contributed by atoms with E-state index < -0.39 is 0 Å². The third-order valence-corrected chi connectivity index (χ3v) is 3.79. The predicted octanol–water partition coefficient (Wildman–Crippen LogP) is 1.88. The number of nitrogens with one attached hydrogen (secondary N) is 2. The van der Waals surface area contributed by atoms with Crippen LogP contribution in [0.1, 0.15) is 5.56 Å². The minimum absolute atomic E-state index is 0.548. The van der Waals surface area contributed by atoms with E-state index in [1.807, 2.05) is 36.7 Å². The lowest BCUT2D eigenvalue weighted by Crippen LogP contribution is -2.38. The summed E-state index contributed by atoms with van der Waals surface area (Å²) in [4.78, 5) is 4.24. The fraction of sp³-hybridized carbons (Fsp3) is 0.389. The Kier molecular flexibility index (Phi) is 7.00. The molecule has 2 N–H and O–H groups in total. The average Bonchev–Trinajstić information content (AvgIpc) is 3.17. The number of nitrogens with zero attached hydrogens (tertiary/aromatic N) is 2. The van der Waals surface area contributed by atoms with Gasteiger partial charge in [-0.15, -0.1) is 0 Å². The van der Waals surface area contributed by atoms with Crippen LogP contribution in [0.15, 0.2) is 41.7 Å². The highest BCUT2D eigenvalue weighted by molar-refractivity contribution is 5.79. The van der Waals surface area contributed by atoms with E-state index in [4.69, 9.17) is 14.2 Å². The second-order valence-electron chi connectivity index (χ2n) is 5.29. The van der Waals surface area contributed by atoms with E-state index in [0.717, 1.165) is 30.4 Å². The van der Waals surface area contributed by atoms with E-state index in [0.29, 0.717) is 18.0 Å². The molecular formula is C18H26N4O3. The van der Waals surface area contributed by atoms with Crippen molar-refractivity contribution in [2.45, 2.75) is 13.1 Å². The molecule has 0 atom stereocenters. The van der Waals surface area contributed by atoms with Crippen LogP contribution in [0.4, 0.5) is 0 Å². The number of guanidine groups is 1. The summed E-state index contributed by atoms with van der Waals surface area (Å²) >= 11 is 0. The molecule has 0 unspecified atom stereocenters. The lowest BCUT2D eigenvalue weighted by Gasteiger charge is -2.16. The molecule has 2 aromatic rings. The monoisotopic (exact) mass is 346 g/mol. The Hall–Kier alpha value is -2.83. The van der Waals surface area contributed by atoms with Gasteiger partial charge in [-0.1, -0.05) is 0 Å². The van der Waals surface area contributed by atoms with Gasteiger partial charge in [0.05, 0.1) is 21.3 Å². The Balaban J connectivity index is 1.95. The van der Waals surface area contributed by atoms with Gasteiger partial charge in [0.2, 0.25) is 0 Å². The standard InChI is InChI=1S/C18H26N4O3/c1-19-18(20-7-10-22-8-5-6-9-22)21-13-14-11-16(24-3)17(25-4)12-15(14)23-2/h5-6,8-9,11-12H,7,10,13H2,1-4H3,(H2,19,20,21). The fourth-order valence-electron chi connectivity index (χ4n) is 2.45. The molecule has 0 aliphatic carbocycles. The predicted molar refractivity (Wildman–Crippen MR) is 98.7 cm³/mol. The maximum atomic E-state index is 5.44. The van der Waals surface area contributed by atoms with Crippen LogP contribution in [0, 0.1) is 0 Å². The summed E-state index contributed by atoms with van der Waals surface area (Å²) in [5.41, 5.74) is 0.952. The summed E-state index contributed by atoms with van der Waals surface area (Å²) < 4.78 is 18.2. The van der Waals surface area contributed by atoms with Gasteiger partial charge >= 0.3 is 0 Å². The van der Waals surface area contributed by atoms with Crippen LogP contribution in [0.25, 0.3) is 0 Å². The Labute approximate surface area is 148 Å². The molecule has 0 saturated carbocycles. The number of methoxy groups -OCH3 is 3. The van der Waals surface area contributed by atoms with Gasteiger partial charge in [0.15, 0.2) is 17.5 Å². The summed E-state index contributed by atoms with van der Waals surface area (Å²) in [6, 6.07) is 7.74. The molecule has 0 aliphatic heterocycles. The molecule has 1 aromatic heterocycles. The van der Waals surface area contributed by atoms with E-state index in [9.17, 15) is 0 Å². The highest BCUT2D eigenvalue weighted by atomic mass is 16.5. The molecule has 0 bridgehead atoms. The minimum atomic E-state index is 0.548. The molecule has 7 heteroatoms. The first-order chi connectivity index (χ1) is 12.2. The molecule has 1 aromatic carbocycles. The summed E-state index contributed by atoms with van der Waals surface area (Å²) in [7, 11) is 6.60. The van der Waals surface area contributed by atoms with Crippen LogP contribution in [0.5, 0.6) is 17.2 Å². The Morgan fingerprint density at radius 2 is 1.60 bits per heavy atom. The van der Waals surface area contributed by atoms with Crippen molar-refractivity contribution >= 4 is 5.96 Å². The van der Waals surface area contributed by atoms with E-state index >= 15 is 0 Å². The van der Waals surface area contributed by atoms with E-state index in [1.54, 1.807) is 28.4 Å². The number of rotatable bonds is 8. The number of hydrogen-bond acceptors (Lipinski definition) is 4. The smallest absolute Gasteiger partial charge is 0.191 e. The fourth-order valence-corrected chi connectivity index (χ4v) is 2.45. The van der Waals surface area contributed by atoms with Crippen molar-refractivity contribution < 1.29 is 14.2 Å². The lowest BCUT2D eigenvalue weighted by atomic mass is 10.1. The van der Waals surface area contributed by atoms with Crippen molar-refractivity contribution in [3.05, 3.63) is 42.2 Å². The van der Waals surface area contributed by atoms with E-state index in [-0.39, 0.29) is 0 Å². The molecule has 0 fully saturated rings. The summed E-state index contributed by atoms with van der Waals surface area (Å²) in [5, 5.41) is 6.57. The average molecular weight is 346 g/mol. The number of aromatic nitrogens is 1. The number of hydrogen-bond donors (Lipinski definition) is 2. The van der Waals surface area contributed by atoms with Gasteiger partial charge in [-0.3, -0.25) is 4.99 Å². The minimum Gasteiger partial charge on any atom is -0.496 e. The van der Waals surface area contributed by atoms with Gasteiger partial charge in [-0.2, -0.15) is 0 Å². The number of aliphatic imine (C=N–C) groups is 1. The zero-order valence-corrected chi connectivity index (χ0v) is 15.2. The van der Waals surface area contributed by atoms with Crippen molar-refractivity contribution in [2.75, 3.05) is 34.9 Å². The molecule has 0 saturated heterocycles. The van der Waals surface area contributed by atoms with Gasteiger partial charge in [0, 0.05) is 50.7 Å². The first kappa shape index (κ1) is 18.5. The Morgan fingerprint density at radius 1 is 0.960 bits per heavy atom. The van der Waals surface area contributed by atoms with Crippen molar-refractivity contribution in [1.29, 1.82) is 0 Å². The van der Waals surface area contributed by atoms with Crippen molar-refractivity contribution in [3.8, 4) is 17.2 Å². The maximum absolute atomic E-state index is 5.44. The highest BCUT2D eigenvalue weighted by Crippen LogP contribution is 2.34. The normalized spacial score (nSPS) is 11.1. The first-order valence-corrected chi connectivity index (χ1v) is 8.06. The topological polar surface area (TPSA) is 69.0 Å². The molecule has 0 radical (unpaired) electrons. The van der Waals surface area contributed by atoms with Crippen molar-refractivity contribution in [2.24, 2.45) is 4.99 Å². The molecule has 136 valence electrons. The zero-order valence-electron chi connectivity index (χ0n) is 15.2. The molecule has 1 heterocycles. The summed E-state index contributed by atoms with van der Waals surface area (Å²) in [6.07, 6.45) is 4.07. The van der Waals surface area contributed by atoms with Gasteiger partial charge < -0.3 is 29.4 Å². The molecular weight excluding hydrogens is 320 g/mol. The molecule has 2 rings (SSSR count). The Bertz CT molecular complexity index is 684. The number of ether oxygens (including phenoxy) is 3. The zero-order chi connectivity index (χ0) is 18.1. The van der Waals surface area contributed by atoms with Gasteiger partial charge in [-0.25, -0.2) is 0 Å². The van der Waals surface area contributed by atoms with E-state index in [1.165, 1.54) is 0 Å². The van der Waals surface area contributed by atoms with Crippen LogP contribution in [-0.4, -0.2) is 45.4 Å². The SMILES string of the molecule is CN=C(NCCn1cccc1)NCc1cc(OC)c(OC)cc1OC. The quantitative estimate of drug-likeness (QED) is 0.564. The van der Waals surface area contributed by atoms with Crippen LogP contribution in [0.2, 0.25) is 0 Å². The van der Waals surface area contributed by atoms with E-state index in [2.05, 4.69) is 20.2 Å². The lowest BCUT2D eigenvalue weighted by molar-refractivity contribution is 0.347. The molecule has 25 heavy (non-hydrogen) atoms. The van der Waals surface area contributed by atoms with Gasteiger partial charge in [0.25, 0.3) is 0 Å². The molecule has 0 amide bonds. The van der Waals surface area contributed by atoms with Crippen LogP contribution >= 0.6 is 0 Å². The second-order valence-corrected chi connectivity index (χ2v) is 5.29. The van der Waals surface area contributed by atoms with Crippen molar-refractivity contribution in [3.63, 3.8) is 0 Å². The molecule has 7 nitrogen and oxygen atoms in total. The Morgan fingerprint density at radius 3 is 2.20 bits per heavy atom. The highest BCUT2D eigenvalue weighted by Gasteiger charge is 2.12. The van der Waals surface area contributed by atoms with Gasteiger partial charge in [0.1, 0.15) is 5.75 Å². The first-order valence-electron chi connectivity index (χ1n) is 8.06. The second kappa shape index (κ2) is 9.46. The van der Waals surface area contributed by atoms with Crippen LogP contribution in [0.3, 0.4) is 0 Å². The largest absolute Gasteiger partial charge is 0.496 e. The summed E-state index contributed by atoms with van der Waals surface area (Å²) in [5.74, 6) is 2.75. The third-order valence-electron chi connectivity index (χ3n) is 3.79. The molecule has 0 aliphatic rings. The number of benzene rings is 1. The van der Waals surface area contributed by atoms with Crippen LogP contribution < -0.4 is 24.8 Å². The third kappa shape index (κ3) is 5.07. The maximum Gasteiger partial charge on any atom is 0.191 e. The summed E-state index contributed by atoms with van der Waals surface area (Å²) in [6.45, 7) is 2.19. The van der Waals surface area contributed by atoms with Gasteiger partial charge in [-0.05, 0) is 18.2 Å². The van der Waals surface area contributed by atoms with Crippen LogP contribution in [-0.2, 0) is 13.1 Å².